The zero-order valence-corrected chi connectivity index (χ0v) is 15.8. The number of halogens is 1. The molecule has 1 fully saturated rings. The van der Waals surface area contributed by atoms with Crippen LogP contribution in [0.3, 0.4) is 0 Å². The van der Waals surface area contributed by atoms with Crippen LogP contribution in [0, 0.1) is 5.82 Å². The Hall–Kier alpha value is -1.92. The van der Waals surface area contributed by atoms with E-state index in [1.807, 2.05) is 6.92 Å². The van der Waals surface area contributed by atoms with E-state index in [1.54, 1.807) is 12.1 Å². The number of aliphatic hydroxyl groups excluding tert-OH is 1. The lowest BCUT2D eigenvalue weighted by Crippen LogP contribution is -2.49. The summed E-state index contributed by atoms with van der Waals surface area (Å²) in [6, 6.07) is 6.26. The molecule has 2 rings (SSSR count). The first kappa shape index (κ1) is 20.4. The highest BCUT2D eigenvalue weighted by Gasteiger charge is 2.20. The summed E-state index contributed by atoms with van der Waals surface area (Å²) in [5, 5.41) is 16.9. The van der Waals surface area contributed by atoms with Gasteiger partial charge in [0.15, 0.2) is 5.96 Å². The molecule has 3 N–H and O–H groups in total. The third kappa shape index (κ3) is 6.77. The topological polar surface area (TPSA) is 59.9 Å². The highest BCUT2D eigenvalue weighted by Crippen LogP contribution is 2.14. The number of hydrogen-bond donors (Lipinski definition) is 3. The van der Waals surface area contributed by atoms with Crippen molar-refractivity contribution in [3.05, 3.63) is 47.8 Å². The summed E-state index contributed by atoms with van der Waals surface area (Å²) in [5.41, 5.74) is 1.86. The lowest BCUT2D eigenvalue weighted by molar-refractivity contribution is 0.186. The van der Waals surface area contributed by atoms with Crippen LogP contribution in [0.5, 0.6) is 0 Å². The molecule has 0 amide bonds. The molecule has 0 saturated carbocycles. The van der Waals surface area contributed by atoms with Crippen LogP contribution in [-0.2, 0) is 0 Å². The van der Waals surface area contributed by atoms with Crippen molar-refractivity contribution in [3.8, 4) is 0 Å². The molecular weight excluding hydrogens is 331 g/mol. The molecule has 144 valence electrons. The number of rotatable bonds is 7. The average Bonchev–Trinajstić information content (AvgIpc) is 2.61. The lowest BCUT2D eigenvalue weighted by Gasteiger charge is -2.33. The van der Waals surface area contributed by atoms with Crippen molar-refractivity contribution < 1.29 is 9.50 Å². The van der Waals surface area contributed by atoms with Gasteiger partial charge < -0.3 is 15.7 Å². The molecule has 0 aromatic heterocycles. The molecule has 1 aromatic carbocycles. The first-order chi connectivity index (χ1) is 12.5. The Bertz CT molecular complexity index is 594. The van der Waals surface area contributed by atoms with E-state index in [-0.39, 0.29) is 12.4 Å². The standard InChI is InChI=1S/C20H31FN4O/c1-4-22-20(23-13-19(26)16-5-7-17(21)8-6-16)24-18-9-11-25(12-10-18)14-15(2)3/h5-8,18-19,26H,2,4,9-14H2,1,3H3,(H2,22,23,24). The number of aliphatic hydroxyl groups is 1. The maximum Gasteiger partial charge on any atom is 0.191 e. The largest absolute Gasteiger partial charge is 0.386 e. The van der Waals surface area contributed by atoms with Crippen molar-refractivity contribution in [2.75, 3.05) is 32.7 Å². The van der Waals surface area contributed by atoms with Crippen LogP contribution in [-0.4, -0.2) is 54.7 Å². The van der Waals surface area contributed by atoms with E-state index >= 15 is 0 Å². The van der Waals surface area contributed by atoms with Crippen molar-refractivity contribution in [1.29, 1.82) is 0 Å². The van der Waals surface area contributed by atoms with Crippen LogP contribution >= 0.6 is 0 Å². The maximum atomic E-state index is 13.0. The number of guanidine groups is 1. The van der Waals surface area contributed by atoms with Crippen LogP contribution in [0.2, 0.25) is 0 Å². The van der Waals surface area contributed by atoms with Gasteiger partial charge in [-0.05, 0) is 44.4 Å². The van der Waals surface area contributed by atoms with Crippen molar-refractivity contribution in [3.63, 3.8) is 0 Å². The van der Waals surface area contributed by atoms with Crippen LogP contribution in [0.4, 0.5) is 4.39 Å². The van der Waals surface area contributed by atoms with Gasteiger partial charge in [0.25, 0.3) is 0 Å². The molecule has 1 heterocycles. The average molecular weight is 362 g/mol. The van der Waals surface area contributed by atoms with E-state index in [0.717, 1.165) is 39.0 Å². The highest BCUT2D eigenvalue weighted by atomic mass is 19.1. The van der Waals surface area contributed by atoms with E-state index < -0.39 is 6.10 Å². The Morgan fingerprint density at radius 2 is 2.00 bits per heavy atom. The van der Waals surface area contributed by atoms with Crippen molar-refractivity contribution in [2.45, 2.75) is 38.8 Å². The van der Waals surface area contributed by atoms with Gasteiger partial charge >= 0.3 is 0 Å². The molecule has 0 radical (unpaired) electrons. The summed E-state index contributed by atoms with van der Waals surface area (Å²) in [6.07, 6.45) is 1.36. The fraction of sp³-hybridized carbons (Fsp3) is 0.550. The molecule has 1 aromatic rings. The number of nitrogens with one attached hydrogen (secondary N) is 2. The summed E-state index contributed by atoms with van der Waals surface area (Å²) in [5.74, 6) is 0.407. The zero-order valence-electron chi connectivity index (χ0n) is 15.8. The molecule has 1 aliphatic rings. The van der Waals surface area contributed by atoms with E-state index in [0.29, 0.717) is 17.6 Å². The summed E-state index contributed by atoms with van der Waals surface area (Å²) in [7, 11) is 0. The molecule has 1 aliphatic heterocycles. The molecule has 1 atom stereocenters. The summed E-state index contributed by atoms with van der Waals surface area (Å²) < 4.78 is 13.0. The number of hydrogen-bond acceptors (Lipinski definition) is 3. The fourth-order valence-electron chi connectivity index (χ4n) is 3.10. The van der Waals surface area contributed by atoms with Crippen molar-refractivity contribution in [2.24, 2.45) is 4.99 Å². The molecule has 6 heteroatoms. The highest BCUT2D eigenvalue weighted by molar-refractivity contribution is 5.80. The normalized spacial score (nSPS) is 17.8. The molecule has 1 unspecified atom stereocenters. The molecule has 1 saturated heterocycles. The molecular formula is C20H31FN4O. The van der Waals surface area contributed by atoms with Crippen LogP contribution in [0.25, 0.3) is 0 Å². The quantitative estimate of drug-likeness (QED) is 0.396. The number of aliphatic imine (C=N–C) groups is 1. The van der Waals surface area contributed by atoms with Crippen molar-refractivity contribution in [1.82, 2.24) is 15.5 Å². The van der Waals surface area contributed by atoms with Crippen LogP contribution in [0.1, 0.15) is 38.4 Å². The van der Waals surface area contributed by atoms with Gasteiger partial charge in [0, 0.05) is 32.2 Å². The third-order valence-electron chi connectivity index (χ3n) is 4.44. The Balaban J connectivity index is 1.86. The van der Waals surface area contributed by atoms with Gasteiger partial charge in [-0.1, -0.05) is 24.3 Å². The van der Waals surface area contributed by atoms with Gasteiger partial charge in [0.05, 0.1) is 12.6 Å². The number of piperidine rings is 1. The zero-order chi connectivity index (χ0) is 18.9. The predicted molar refractivity (Wildman–Crippen MR) is 105 cm³/mol. The van der Waals surface area contributed by atoms with Gasteiger partial charge in [-0.2, -0.15) is 0 Å². The Morgan fingerprint density at radius 1 is 1.35 bits per heavy atom. The van der Waals surface area contributed by atoms with E-state index in [9.17, 15) is 9.50 Å². The molecule has 26 heavy (non-hydrogen) atoms. The lowest BCUT2D eigenvalue weighted by atomic mass is 10.0. The van der Waals surface area contributed by atoms with Gasteiger partial charge in [-0.15, -0.1) is 0 Å². The van der Waals surface area contributed by atoms with E-state index in [1.165, 1.54) is 17.7 Å². The minimum Gasteiger partial charge on any atom is -0.386 e. The monoisotopic (exact) mass is 362 g/mol. The first-order valence-electron chi connectivity index (χ1n) is 9.33. The SMILES string of the molecule is C=C(C)CN1CCC(NC(=NCC(O)c2ccc(F)cc2)NCC)CC1. The summed E-state index contributed by atoms with van der Waals surface area (Å²) >= 11 is 0. The van der Waals surface area contributed by atoms with Crippen LogP contribution in [0.15, 0.2) is 41.4 Å². The van der Waals surface area contributed by atoms with Crippen LogP contribution < -0.4 is 10.6 Å². The second kappa shape index (κ2) is 10.3. The maximum absolute atomic E-state index is 13.0. The second-order valence-corrected chi connectivity index (χ2v) is 6.94. The van der Waals surface area contributed by atoms with E-state index in [2.05, 4.69) is 34.0 Å². The second-order valence-electron chi connectivity index (χ2n) is 6.94. The number of benzene rings is 1. The molecule has 0 aliphatic carbocycles. The summed E-state index contributed by atoms with van der Waals surface area (Å²) in [6.45, 7) is 12.1. The third-order valence-corrected chi connectivity index (χ3v) is 4.44. The molecule has 0 bridgehead atoms. The van der Waals surface area contributed by atoms with Gasteiger partial charge in [0.2, 0.25) is 0 Å². The number of likely N-dealkylation sites (tertiary alicyclic amines) is 1. The predicted octanol–water partition coefficient (Wildman–Crippen LogP) is 2.45. The fourth-order valence-corrected chi connectivity index (χ4v) is 3.10. The first-order valence-corrected chi connectivity index (χ1v) is 9.33. The Labute approximate surface area is 156 Å². The minimum atomic E-state index is -0.747. The number of nitrogens with zero attached hydrogens (tertiary/aromatic N) is 2. The molecule has 5 nitrogen and oxygen atoms in total. The van der Waals surface area contributed by atoms with E-state index in [4.69, 9.17) is 0 Å². The Morgan fingerprint density at radius 3 is 2.58 bits per heavy atom. The molecule has 0 spiro atoms. The smallest absolute Gasteiger partial charge is 0.191 e. The van der Waals surface area contributed by atoms with Gasteiger partial charge in [-0.3, -0.25) is 9.89 Å². The minimum absolute atomic E-state index is 0.232. The van der Waals surface area contributed by atoms with Gasteiger partial charge in [-0.25, -0.2) is 4.39 Å². The van der Waals surface area contributed by atoms with Crippen molar-refractivity contribution >= 4 is 5.96 Å². The Kier molecular flexibility index (Phi) is 8.06. The summed E-state index contributed by atoms with van der Waals surface area (Å²) in [4.78, 5) is 6.92. The van der Waals surface area contributed by atoms with Gasteiger partial charge in [0.1, 0.15) is 5.82 Å².